The van der Waals surface area contributed by atoms with Gasteiger partial charge in [-0.25, -0.2) is 9.67 Å². The van der Waals surface area contributed by atoms with Crippen LogP contribution < -0.4 is 11.1 Å². The molecular weight excluding hydrogens is 522 g/mol. The lowest BCUT2D eigenvalue weighted by Gasteiger charge is -2.38. The Kier molecular flexibility index (Phi) is 7.86. The smallest absolute Gasteiger partial charge is 0.314 e. The number of nitrogens with two attached hydrogens (primary N) is 1. The van der Waals surface area contributed by atoms with Gasteiger partial charge in [0.25, 0.3) is 0 Å². The highest BCUT2D eigenvalue weighted by molar-refractivity contribution is 6.76. The van der Waals surface area contributed by atoms with E-state index in [2.05, 4.69) is 53.0 Å². The third-order valence-corrected chi connectivity index (χ3v) is 9.19. The van der Waals surface area contributed by atoms with Gasteiger partial charge in [0.2, 0.25) is 0 Å². The normalized spacial score (nSPS) is 17.9. The van der Waals surface area contributed by atoms with Crippen molar-refractivity contribution < 1.29 is 14.3 Å². The Labute approximate surface area is 234 Å². The van der Waals surface area contributed by atoms with E-state index in [1.54, 1.807) is 22.0 Å². The maximum absolute atomic E-state index is 13.6. The van der Waals surface area contributed by atoms with E-state index in [-0.39, 0.29) is 18.7 Å². The van der Waals surface area contributed by atoms with Crippen molar-refractivity contribution in [3.05, 3.63) is 54.6 Å². The second kappa shape index (κ2) is 11.3. The number of hydrogen-bond acceptors (Lipinski definition) is 7. The maximum Gasteiger partial charge on any atom is 0.314 e. The molecule has 4 heterocycles. The Morgan fingerprint density at radius 3 is 2.75 bits per heavy atom. The number of nitrogens with one attached hydrogen (secondary N) is 1. The highest BCUT2D eigenvalue weighted by Crippen LogP contribution is 2.35. The Morgan fingerprint density at radius 1 is 1.12 bits per heavy atom. The lowest BCUT2D eigenvalue weighted by atomic mass is 9.89. The second-order valence-corrected chi connectivity index (χ2v) is 17.5. The molecule has 11 heteroatoms. The van der Waals surface area contributed by atoms with Gasteiger partial charge < -0.3 is 20.7 Å². The van der Waals surface area contributed by atoms with E-state index in [0.29, 0.717) is 35.6 Å². The average Bonchev–Trinajstić information content (AvgIpc) is 3.36. The molecule has 1 saturated heterocycles. The molecular formula is C29H37N7O3Si. The van der Waals surface area contributed by atoms with Crippen molar-refractivity contribution >= 4 is 53.1 Å². The number of pyridine rings is 2. The summed E-state index contributed by atoms with van der Waals surface area (Å²) in [6.45, 7) is 10.3. The van der Waals surface area contributed by atoms with Gasteiger partial charge >= 0.3 is 11.8 Å². The minimum Gasteiger partial charge on any atom is -0.383 e. The first-order chi connectivity index (χ1) is 19.1. The fourth-order valence-corrected chi connectivity index (χ4v) is 5.94. The van der Waals surface area contributed by atoms with E-state index in [1.807, 2.05) is 24.4 Å². The quantitative estimate of drug-likeness (QED) is 0.189. The summed E-state index contributed by atoms with van der Waals surface area (Å²) in [6.07, 6.45) is 8.41. The third-order valence-electron chi connectivity index (χ3n) is 7.48. The van der Waals surface area contributed by atoms with Crippen LogP contribution in [0, 0.1) is 5.92 Å². The lowest BCUT2D eigenvalue weighted by Crippen LogP contribution is -2.46. The van der Waals surface area contributed by atoms with E-state index in [9.17, 15) is 9.59 Å². The van der Waals surface area contributed by atoms with Crippen molar-refractivity contribution in [2.75, 3.05) is 24.2 Å². The zero-order chi connectivity index (χ0) is 28.4. The zero-order valence-electron chi connectivity index (χ0n) is 23.6. The van der Waals surface area contributed by atoms with E-state index in [4.69, 9.17) is 10.5 Å². The molecule has 40 heavy (non-hydrogen) atoms. The molecule has 1 fully saturated rings. The number of piperidine rings is 1. The number of hydrogen-bond donors (Lipinski definition) is 2. The summed E-state index contributed by atoms with van der Waals surface area (Å²) in [5.74, 6) is -0.709. The zero-order valence-corrected chi connectivity index (χ0v) is 24.6. The molecule has 3 N–H and O–H groups in total. The Morgan fingerprint density at radius 2 is 1.95 bits per heavy atom. The first-order valence-corrected chi connectivity index (χ1v) is 17.4. The summed E-state index contributed by atoms with van der Waals surface area (Å²) in [5.41, 5.74) is 8.06. The molecule has 0 aliphatic carbocycles. The number of ether oxygens (including phenoxy) is 1. The van der Waals surface area contributed by atoms with Crippen LogP contribution >= 0.6 is 0 Å². The van der Waals surface area contributed by atoms with Crippen molar-refractivity contribution in [1.82, 2.24) is 24.6 Å². The number of anilines is 2. The van der Waals surface area contributed by atoms with Crippen LogP contribution in [0.15, 0.2) is 49.1 Å². The van der Waals surface area contributed by atoms with E-state index in [0.717, 1.165) is 35.2 Å². The number of nitrogen functional groups attached to an aromatic ring is 1. The fraction of sp³-hybridized carbons (Fsp3) is 0.414. The molecule has 1 aliphatic rings. The van der Waals surface area contributed by atoms with Gasteiger partial charge in [0.15, 0.2) is 0 Å². The summed E-state index contributed by atoms with van der Waals surface area (Å²) in [4.78, 5) is 37.2. The number of benzene rings is 1. The number of nitrogens with zero attached hydrogens (tertiary/aromatic N) is 5. The largest absolute Gasteiger partial charge is 0.383 e. The summed E-state index contributed by atoms with van der Waals surface area (Å²) < 4.78 is 7.54. The maximum atomic E-state index is 13.6. The van der Waals surface area contributed by atoms with Crippen LogP contribution in [0.25, 0.3) is 21.7 Å². The van der Waals surface area contributed by atoms with Crippen LogP contribution in [0.5, 0.6) is 0 Å². The number of carbonyl (C=O) groups excluding carboxylic acids is 2. The van der Waals surface area contributed by atoms with E-state index < -0.39 is 19.9 Å². The average molecular weight is 560 g/mol. The van der Waals surface area contributed by atoms with Gasteiger partial charge in [0.1, 0.15) is 12.5 Å². The molecule has 0 saturated carbocycles. The topological polar surface area (TPSA) is 128 Å². The van der Waals surface area contributed by atoms with Crippen LogP contribution in [0.3, 0.4) is 0 Å². The molecule has 3 aromatic heterocycles. The highest BCUT2D eigenvalue weighted by Gasteiger charge is 2.34. The number of aromatic nitrogens is 4. The first-order valence-electron chi connectivity index (χ1n) is 13.7. The Bertz CT molecular complexity index is 1550. The number of amides is 2. The molecule has 0 bridgehead atoms. The summed E-state index contributed by atoms with van der Waals surface area (Å²) >= 11 is 0. The van der Waals surface area contributed by atoms with Crippen molar-refractivity contribution in [1.29, 1.82) is 0 Å². The van der Waals surface area contributed by atoms with Gasteiger partial charge in [-0.1, -0.05) is 38.7 Å². The molecule has 0 unspecified atom stereocenters. The molecule has 2 atom stereocenters. The fourth-order valence-electron chi connectivity index (χ4n) is 5.18. The Balaban J connectivity index is 1.37. The first kappa shape index (κ1) is 27.7. The van der Waals surface area contributed by atoms with Crippen LogP contribution in [-0.4, -0.2) is 57.7 Å². The van der Waals surface area contributed by atoms with Gasteiger partial charge in [-0.2, -0.15) is 5.10 Å². The molecule has 4 aromatic rings. The van der Waals surface area contributed by atoms with Crippen LogP contribution in [0.4, 0.5) is 11.5 Å². The van der Waals surface area contributed by atoms with Crippen LogP contribution in [0.1, 0.15) is 31.4 Å². The number of rotatable bonds is 7. The minimum atomic E-state index is -1.24. The molecule has 0 radical (unpaired) electrons. The summed E-state index contributed by atoms with van der Waals surface area (Å²) in [6, 6.07) is 8.92. The highest BCUT2D eigenvalue weighted by atomic mass is 28.3. The van der Waals surface area contributed by atoms with Gasteiger partial charge in [0, 0.05) is 39.0 Å². The van der Waals surface area contributed by atoms with Crippen molar-refractivity contribution in [3.63, 3.8) is 0 Å². The summed E-state index contributed by atoms with van der Waals surface area (Å²) in [5, 5.41) is 9.89. The van der Waals surface area contributed by atoms with Gasteiger partial charge in [0.05, 0.1) is 35.0 Å². The minimum absolute atomic E-state index is 0.193. The molecule has 210 valence electrons. The van der Waals surface area contributed by atoms with Gasteiger partial charge in [-0.05, 0) is 47.9 Å². The van der Waals surface area contributed by atoms with E-state index >= 15 is 0 Å². The number of carbonyl (C=O) groups is 2. The molecule has 5 rings (SSSR count). The number of likely N-dealkylation sites (tertiary alicyclic amines) is 1. The third kappa shape index (κ3) is 6.00. The van der Waals surface area contributed by atoms with E-state index in [1.165, 1.54) is 6.20 Å². The Hall–Kier alpha value is -3.83. The standard InChI is InChI=1S/C29H37N7O3Si/c1-19-5-8-25(21-6-7-22-14-31-10-9-20(22)13-21)35(17-19)29(38)28(37)34-24-16-32-27(30)23-15-33-36(26(23)24)18-39-11-12-40(2,3)4/h6-7,9-10,13-16,19,25H,5,8,11-12,17-18H2,1-4H3,(H2,30,32)(H,34,37)/t19-,25+/m0/s1. The van der Waals surface area contributed by atoms with Crippen LogP contribution in [-0.2, 0) is 21.1 Å². The molecule has 2 amide bonds. The van der Waals surface area contributed by atoms with Gasteiger partial charge in [-0.15, -0.1) is 0 Å². The van der Waals surface area contributed by atoms with Crippen molar-refractivity contribution in [2.45, 2.75) is 58.2 Å². The lowest BCUT2D eigenvalue weighted by molar-refractivity contribution is -0.146. The molecule has 1 aromatic carbocycles. The molecule has 1 aliphatic heterocycles. The van der Waals surface area contributed by atoms with Crippen molar-refractivity contribution in [3.8, 4) is 0 Å². The number of fused-ring (bicyclic) bond motifs is 2. The summed E-state index contributed by atoms with van der Waals surface area (Å²) in [7, 11) is -1.24. The van der Waals surface area contributed by atoms with Crippen molar-refractivity contribution in [2.24, 2.45) is 5.92 Å². The predicted octanol–water partition coefficient (Wildman–Crippen LogP) is 4.81. The monoisotopic (exact) mass is 559 g/mol. The predicted molar refractivity (Wildman–Crippen MR) is 159 cm³/mol. The SMILES string of the molecule is C[C@H]1CC[C@H](c2ccc3cnccc3c2)N(C(=O)C(=O)Nc2cnc(N)c3cnn(COCC[Si](C)(C)C)c23)C1. The van der Waals surface area contributed by atoms with Crippen LogP contribution in [0.2, 0.25) is 25.7 Å². The molecule has 0 spiro atoms. The molecule has 10 nitrogen and oxygen atoms in total. The van der Waals surface area contributed by atoms with Gasteiger partial charge in [-0.3, -0.25) is 14.6 Å². The second-order valence-electron chi connectivity index (χ2n) is 11.9.